The summed E-state index contributed by atoms with van der Waals surface area (Å²) in [4.78, 5) is 12.3. The molecule has 0 heterocycles. The zero-order valence-electron chi connectivity index (χ0n) is 13.6. The molecule has 2 aliphatic carbocycles. The van der Waals surface area contributed by atoms with Crippen molar-refractivity contribution >= 4 is 25.8 Å². The second kappa shape index (κ2) is 5.37. The van der Waals surface area contributed by atoms with Crippen LogP contribution in [0.1, 0.15) is 33.1 Å². The fourth-order valence-corrected chi connectivity index (χ4v) is 7.78. The Bertz CT molecular complexity index is 874. The fourth-order valence-electron chi connectivity index (χ4n) is 4.23. The van der Waals surface area contributed by atoms with Gasteiger partial charge in [-0.15, -0.1) is 0 Å². The van der Waals surface area contributed by atoms with Crippen molar-refractivity contribution < 1.29 is 21.6 Å². The SMILES string of the molecule is CC1(C)C2CCC1(CS(=O)(=O)[N-]S(=O)(=O)c1ccccc1)C(=O)C2. The summed E-state index contributed by atoms with van der Waals surface area (Å²) in [5.74, 6) is -0.459. The number of hydrogen-bond acceptors (Lipinski definition) is 5. The van der Waals surface area contributed by atoms with Gasteiger partial charge in [0.25, 0.3) is 0 Å². The van der Waals surface area contributed by atoms with Gasteiger partial charge < -0.3 is 4.13 Å². The molecule has 0 spiro atoms. The Morgan fingerprint density at radius 2 is 1.75 bits per heavy atom. The van der Waals surface area contributed by atoms with Crippen LogP contribution < -0.4 is 0 Å². The molecule has 2 bridgehead atoms. The zero-order chi connectivity index (χ0) is 17.8. The van der Waals surface area contributed by atoms with E-state index in [2.05, 4.69) is 4.13 Å². The first-order chi connectivity index (χ1) is 11.0. The summed E-state index contributed by atoms with van der Waals surface area (Å²) in [6, 6.07) is 7.22. The van der Waals surface area contributed by atoms with Gasteiger partial charge in [0.05, 0.1) is 10.0 Å². The van der Waals surface area contributed by atoms with E-state index < -0.39 is 36.6 Å². The lowest BCUT2D eigenvalue weighted by molar-refractivity contribution is -0.128. The lowest BCUT2D eigenvalue weighted by Crippen LogP contribution is -2.42. The molecular weight excluding hydrogens is 350 g/mol. The number of sulfonamides is 2. The molecule has 0 amide bonds. The van der Waals surface area contributed by atoms with Gasteiger partial charge in [0.2, 0.25) is 0 Å². The highest BCUT2D eigenvalue weighted by Gasteiger charge is 2.64. The molecule has 0 aliphatic heterocycles. The van der Waals surface area contributed by atoms with Gasteiger partial charge in [0, 0.05) is 22.5 Å². The zero-order valence-corrected chi connectivity index (χ0v) is 15.2. The summed E-state index contributed by atoms with van der Waals surface area (Å²) < 4.78 is 52.6. The van der Waals surface area contributed by atoms with Crippen molar-refractivity contribution in [1.82, 2.24) is 0 Å². The quantitative estimate of drug-likeness (QED) is 0.793. The summed E-state index contributed by atoms with van der Waals surface area (Å²) in [7, 11) is -8.61. The van der Waals surface area contributed by atoms with Crippen LogP contribution in [0.2, 0.25) is 0 Å². The lowest BCUT2D eigenvalue weighted by Gasteiger charge is -2.38. The van der Waals surface area contributed by atoms with Crippen LogP contribution in [0.4, 0.5) is 0 Å². The van der Waals surface area contributed by atoms with E-state index in [1.807, 2.05) is 13.8 Å². The molecule has 0 N–H and O–H groups in total. The summed E-state index contributed by atoms with van der Waals surface area (Å²) in [5, 5.41) is 0. The molecule has 0 saturated heterocycles. The molecule has 2 fully saturated rings. The fraction of sp³-hybridized carbons (Fsp3) is 0.562. The number of Topliss-reactive ketones (excluding diaryl/α,β-unsaturated/α-hetero) is 1. The summed E-state index contributed by atoms with van der Waals surface area (Å²) in [6.07, 6.45) is 1.64. The second-order valence-electron chi connectivity index (χ2n) is 7.26. The number of hydrogen-bond donors (Lipinski definition) is 0. The van der Waals surface area contributed by atoms with Crippen LogP contribution >= 0.6 is 0 Å². The van der Waals surface area contributed by atoms with Gasteiger partial charge in [-0.05, 0) is 36.3 Å². The Morgan fingerprint density at radius 3 is 2.25 bits per heavy atom. The van der Waals surface area contributed by atoms with E-state index in [0.29, 0.717) is 12.8 Å². The van der Waals surface area contributed by atoms with Crippen molar-refractivity contribution in [3.05, 3.63) is 34.5 Å². The first-order valence-electron chi connectivity index (χ1n) is 7.81. The van der Waals surface area contributed by atoms with Gasteiger partial charge in [-0.3, -0.25) is 4.79 Å². The first-order valence-corrected chi connectivity index (χ1v) is 10.9. The summed E-state index contributed by atoms with van der Waals surface area (Å²) in [5.41, 5.74) is -1.48. The lowest BCUT2D eigenvalue weighted by atomic mass is 9.70. The van der Waals surface area contributed by atoms with E-state index in [1.54, 1.807) is 6.07 Å². The minimum absolute atomic E-state index is 0.0837. The number of rotatable bonds is 5. The van der Waals surface area contributed by atoms with Gasteiger partial charge in [0.15, 0.2) is 0 Å². The molecule has 2 saturated carbocycles. The van der Waals surface area contributed by atoms with Crippen molar-refractivity contribution in [3.8, 4) is 0 Å². The highest BCUT2D eigenvalue weighted by molar-refractivity contribution is 8.12. The van der Waals surface area contributed by atoms with Crippen LogP contribution in [0.3, 0.4) is 0 Å². The van der Waals surface area contributed by atoms with E-state index >= 15 is 0 Å². The number of carbonyl (C=O) groups is 1. The Labute approximate surface area is 142 Å². The number of nitrogens with zero attached hydrogens (tertiary/aromatic N) is 1. The smallest absolute Gasteiger partial charge is 0.140 e. The topological polar surface area (TPSA) is 99.4 Å². The Morgan fingerprint density at radius 1 is 1.12 bits per heavy atom. The number of ketones is 1. The van der Waals surface area contributed by atoms with Crippen LogP contribution in [0, 0.1) is 16.7 Å². The van der Waals surface area contributed by atoms with E-state index in [1.165, 1.54) is 24.3 Å². The minimum atomic E-state index is -4.31. The molecule has 1 aromatic rings. The van der Waals surface area contributed by atoms with Gasteiger partial charge in [0.1, 0.15) is 15.8 Å². The number of fused-ring (bicyclic) bond motifs is 2. The molecule has 8 heteroatoms. The predicted molar refractivity (Wildman–Crippen MR) is 89.3 cm³/mol. The Hall–Kier alpha value is -1.25. The highest BCUT2D eigenvalue weighted by atomic mass is 32.3. The average Bonchev–Trinajstić information content (AvgIpc) is 2.80. The van der Waals surface area contributed by atoms with Gasteiger partial charge in [-0.2, -0.15) is 0 Å². The first kappa shape index (κ1) is 17.6. The summed E-state index contributed by atoms with van der Waals surface area (Å²) >= 11 is 0. The third-order valence-corrected chi connectivity index (χ3v) is 9.24. The molecule has 24 heavy (non-hydrogen) atoms. The Balaban J connectivity index is 1.89. The van der Waals surface area contributed by atoms with E-state index in [0.717, 1.165) is 6.42 Å². The molecule has 6 nitrogen and oxygen atoms in total. The minimum Gasteiger partial charge on any atom is -0.432 e. The monoisotopic (exact) mass is 370 g/mol. The maximum absolute atomic E-state index is 12.5. The maximum Gasteiger partial charge on any atom is 0.140 e. The van der Waals surface area contributed by atoms with Crippen molar-refractivity contribution in [2.24, 2.45) is 16.7 Å². The maximum atomic E-state index is 12.5. The largest absolute Gasteiger partial charge is 0.432 e. The molecule has 2 aliphatic rings. The van der Waals surface area contributed by atoms with Gasteiger partial charge in [-0.25, -0.2) is 16.8 Å². The van der Waals surface area contributed by atoms with E-state index in [4.69, 9.17) is 0 Å². The molecule has 2 unspecified atom stereocenters. The van der Waals surface area contributed by atoms with Gasteiger partial charge >= 0.3 is 0 Å². The number of benzene rings is 1. The van der Waals surface area contributed by atoms with Crippen LogP contribution in [-0.2, 0) is 24.8 Å². The van der Waals surface area contributed by atoms with Crippen LogP contribution in [0.25, 0.3) is 4.13 Å². The van der Waals surface area contributed by atoms with Crippen molar-refractivity contribution in [2.75, 3.05) is 5.75 Å². The normalized spacial score (nSPS) is 29.1. The van der Waals surface area contributed by atoms with Crippen LogP contribution in [0.5, 0.6) is 0 Å². The second-order valence-corrected chi connectivity index (χ2v) is 10.7. The predicted octanol–water partition coefficient (Wildman–Crippen LogP) is 2.47. The van der Waals surface area contributed by atoms with Gasteiger partial charge in [-0.1, -0.05) is 32.0 Å². The average molecular weight is 370 g/mol. The number of carbonyl (C=O) groups excluding carboxylic acids is 1. The molecule has 3 rings (SSSR count). The molecule has 132 valence electrons. The van der Waals surface area contributed by atoms with Crippen molar-refractivity contribution in [3.63, 3.8) is 0 Å². The molecular formula is C16H20NO5S2-. The van der Waals surface area contributed by atoms with Crippen LogP contribution in [-0.4, -0.2) is 28.4 Å². The Kier molecular flexibility index (Phi) is 3.93. The van der Waals surface area contributed by atoms with Crippen molar-refractivity contribution in [1.29, 1.82) is 0 Å². The molecule has 2 atom stereocenters. The molecule has 0 aromatic heterocycles. The summed E-state index contributed by atoms with van der Waals surface area (Å²) in [6.45, 7) is 3.80. The third kappa shape index (κ3) is 2.60. The van der Waals surface area contributed by atoms with Crippen LogP contribution in [0.15, 0.2) is 35.2 Å². The molecule has 1 aromatic carbocycles. The standard InChI is InChI=1S/C16H20NO5S2/c1-15(2)12-8-9-16(15,14(18)10-12)11-23(19,20)17-24(21,22)13-6-4-3-5-7-13/h3-7,12H,8-11H2,1-2H3/q-1. The third-order valence-electron chi connectivity index (χ3n) is 5.82. The van der Waals surface area contributed by atoms with E-state index in [9.17, 15) is 21.6 Å². The molecule has 0 radical (unpaired) electrons. The van der Waals surface area contributed by atoms with E-state index in [-0.39, 0.29) is 16.6 Å². The van der Waals surface area contributed by atoms with Crippen molar-refractivity contribution in [2.45, 2.75) is 38.0 Å². The highest BCUT2D eigenvalue weighted by Crippen LogP contribution is 2.64.